The molecule has 3 heterocycles. The molecular weight excluding hydrogens is 428 g/mol. The van der Waals surface area contributed by atoms with Gasteiger partial charge in [0.1, 0.15) is 15.8 Å². The SMILES string of the molecule is CCN1C(=O)/C(=C\c2c(NC(C)c3ccccc3)nc3c(C)cccn3c2=O)SC1=S. The molecule has 1 aliphatic heterocycles. The van der Waals surface area contributed by atoms with Crippen molar-refractivity contribution in [2.45, 2.75) is 26.8 Å². The van der Waals surface area contributed by atoms with Crippen LogP contribution in [-0.4, -0.2) is 31.1 Å². The molecule has 4 rings (SSSR count). The summed E-state index contributed by atoms with van der Waals surface area (Å²) in [5, 5.41) is 3.38. The number of carbonyl (C=O) groups excluding carboxylic acids is 1. The number of thioether (sulfide) groups is 1. The molecule has 1 amide bonds. The van der Waals surface area contributed by atoms with Gasteiger partial charge in [-0.15, -0.1) is 0 Å². The lowest BCUT2D eigenvalue weighted by Gasteiger charge is -2.18. The third kappa shape index (κ3) is 4.00. The number of nitrogens with zero attached hydrogens (tertiary/aromatic N) is 3. The first-order valence-corrected chi connectivity index (χ1v) is 11.2. The molecule has 0 bridgehead atoms. The third-order valence-corrected chi connectivity index (χ3v) is 6.58. The van der Waals surface area contributed by atoms with Gasteiger partial charge in [-0.3, -0.25) is 18.9 Å². The largest absolute Gasteiger partial charge is 0.363 e. The summed E-state index contributed by atoms with van der Waals surface area (Å²) in [4.78, 5) is 32.9. The minimum atomic E-state index is -0.238. The number of hydrogen-bond donors (Lipinski definition) is 1. The van der Waals surface area contributed by atoms with Gasteiger partial charge >= 0.3 is 0 Å². The molecule has 0 spiro atoms. The number of carbonyl (C=O) groups is 1. The number of aryl methyl sites for hydroxylation is 1. The molecule has 1 atom stereocenters. The molecule has 1 N–H and O–H groups in total. The Hall–Kier alpha value is -2.97. The molecule has 0 saturated carbocycles. The van der Waals surface area contributed by atoms with Gasteiger partial charge < -0.3 is 5.32 Å². The summed E-state index contributed by atoms with van der Waals surface area (Å²) < 4.78 is 2.01. The predicted molar refractivity (Wildman–Crippen MR) is 130 cm³/mol. The summed E-state index contributed by atoms with van der Waals surface area (Å²) in [6, 6.07) is 13.6. The molecular formula is C23H22N4O2S2. The first kappa shape index (κ1) is 21.3. The van der Waals surface area contributed by atoms with Crippen LogP contribution in [0.25, 0.3) is 11.7 Å². The van der Waals surface area contributed by atoms with Crippen molar-refractivity contribution in [1.82, 2.24) is 14.3 Å². The number of rotatable bonds is 5. The van der Waals surface area contributed by atoms with Crippen LogP contribution >= 0.6 is 24.0 Å². The number of fused-ring (bicyclic) bond motifs is 1. The van der Waals surface area contributed by atoms with Crippen LogP contribution in [-0.2, 0) is 4.79 Å². The van der Waals surface area contributed by atoms with Crippen LogP contribution in [0.4, 0.5) is 5.82 Å². The van der Waals surface area contributed by atoms with Crippen molar-refractivity contribution in [2.24, 2.45) is 0 Å². The number of thiocarbonyl (C=S) groups is 1. The molecule has 31 heavy (non-hydrogen) atoms. The monoisotopic (exact) mass is 450 g/mol. The predicted octanol–water partition coefficient (Wildman–Crippen LogP) is 4.40. The van der Waals surface area contributed by atoms with Gasteiger partial charge in [0.05, 0.1) is 10.5 Å². The molecule has 1 saturated heterocycles. The average Bonchev–Trinajstić information content (AvgIpc) is 3.04. The fourth-order valence-corrected chi connectivity index (χ4v) is 4.85. The van der Waals surface area contributed by atoms with Crippen molar-refractivity contribution in [3.63, 3.8) is 0 Å². The van der Waals surface area contributed by atoms with Crippen LogP contribution in [0.3, 0.4) is 0 Å². The number of pyridine rings is 1. The number of amides is 1. The summed E-state index contributed by atoms with van der Waals surface area (Å²) >= 11 is 6.52. The lowest BCUT2D eigenvalue weighted by atomic mass is 10.1. The summed E-state index contributed by atoms with van der Waals surface area (Å²) in [5.74, 6) is 0.255. The van der Waals surface area contributed by atoms with Gasteiger partial charge in [-0.25, -0.2) is 4.98 Å². The van der Waals surface area contributed by atoms with Crippen LogP contribution in [0.1, 0.15) is 36.6 Å². The quantitative estimate of drug-likeness (QED) is 0.459. The van der Waals surface area contributed by atoms with E-state index in [4.69, 9.17) is 17.2 Å². The maximum absolute atomic E-state index is 13.4. The number of aromatic nitrogens is 2. The fraction of sp³-hybridized carbons (Fsp3) is 0.217. The van der Waals surface area contributed by atoms with Crippen LogP contribution in [0.15, 0.2) is 58.4 Å². The topological polar surface area (TPSA) is 66.7 Å². The summed E-state index contributed by atoms with van der Waals surface area (Å²) in [6.45, 7) is 6.29. The lowest BCUT2D eigenvalue weighted by Crippen LogP contribution is -2.27. The fourth-order valence-electron chi connectivity index (χ4n) is 3.49. The standard InChI is InChI=1S/C23H22N4O2S2/c1-4-26-22(29)18(31-23(26)30)13-17-19(24-15(3)16-10-6-5-7-11-16)25-20-14(2)9-8-12-27(20)21(17)28/h5-13,15,24H,4H2,1-3H3/b18-13+. The Bertz CT molecular complexity index is 1270. The average molecular weight is 451 g/mol. The minimum Gasteiger partial charge on any atom is -0.363 e. The molecule has 6 nitrogen and oxygen atoms in total. The summed E-state index contributed by atoms with van der Waals surface area (Å²) in [6.07, 6.45) is 3.30. The number of likely N-dealkylation sites (N-methyl/N-ethyl adjacent to an activating group) is 1. The van der Waals surface area contributed by atoms with E-state index in [-0.39, 0.29) is 17.5 Å². The zero-order chi connectivity index (χ0) is 22.1. The Labute approximate surface area is 190 Å². The van der Waals surface area contributed by atoms with Gasteiger partial charge in [0.2, 0.25) is 0 Å². The molecule has 8 heteroatoms. The van der Waals surface area contributed by atoms with Gasteiger partial charge in [0, 0.05) is 18.8 Å². The molecule has 3 aromatic rings. The van der Waals surface area contributed by atoms with E-state index in [0.29, 0.717) is 32.8 Å². The van der Waals surface area contributed by atoms with E-state index in [1.54, 1.807) is 12.3 Å². The molecule has 1 aliphatic rings. The van der Waals surface area contributed by atoms with Crippen LogP contribution in [0, 0.1) is 6.92 Å². The molecule has 1 fully saturated rings. The summed E-state index contributed by atoms with van der Waals surface area (Å²) in [7, 11) is 0. The Balaban J connectivity index is 1.87. The Morgan fingerprint density at radius 3 is 2.61 bits per heavy atom. The maximum Gasteiger partial charge on any atom is 0.267 e. The second-order valence-electron chi connectivity index (χ2n) is 7.27. The van der Waals surface area contributed by atoms with Gasteiger partial charge in [-0.1, -0.05) is 60.4 Å². The number of hydrogen-bond acceptors (Lipinski definition) is 6. The van der Waals surface area contributed by atoms with Crippen LogP contribution in [0.2, 0.25) is 0 Å². The Morgan fingerprint density at radius 2 is 1.94 bits per heavy atom. The molecule has 0 aliphatic carbocycles. The summed E-state index contributed by atoms with van der Waals surface area (Å²) in [5.41, 5.74) is 2.63. The van der Waals surface area contributed by atoms with E-state index in [9.17, 15) is 9.59 Å². The van der Waals surface area contributed by atoms with Gasteiger partial charge in [0.15, 0.2) is 0 Å². The van der Waals surface area contributed by atoms with E-state index in [1.807, 2.05) is 63.2 Å². The number of benzene rings is 1. The normalized spacial score (nSPS) is 16.4. The molecule has 1 aromatic carbocycles. The first-order valence-electron chi connectivity index (χ1n) is 9.99. The number of anilines is 1. The highest BCUT2D eigenvalue weighted by Gasteiger charge is 2.31. The van der Waals surface area contributed by atoms with E-state index >= 15 is 0 Å². The second-order valence-corrected chi connectivity index (χ2v) is 8.94. The molecule has 1 unspecified atom stereocenters. The molecule has 158 valence electrons. The van der Waals surface area contributed by atoms with E-state index in [0.717, 1.165) is 11.1 Å². The van der Waals surface area contributed by atoms with E-state index < -0.39 is 0 Å². The highest BCUT2D eigenvalue weighted by atomic mass is 32.2. The lowest BCUT2D eigenvalue weighted by molar-refractivity contribution is -0.121. The van der Waals surface area contributed by atoms with Crippen molar-refractivity contribution >= 4 is 51.7 Å². The van der Waals surface area contributed by atoms with Crippen molar-refractivity contribution in [2.75, 3.05) is 11.9 Å². The van der Waals surface area contributed by atoms with Gasteiger partial charge in [0.25, 0.3) is 11.5 Å². The maximum atomic E-state index is 13.4. The Kier molecular flexibility index (Phi) is 5.93. The highest BCUT2D eigenvalue weighted by molar-refractivity contribution is 8.26. The van der Waals surface area contributed by atoms with E-state index in [2.05, 4.69) is 5.32 Å². The zero-order valence-corrected chi connectivity index (χ0v) is 19.1. The third-order valence-electron chi connectivity index (χ3n) is 5.20. The zero-order valence-electron chi connectivity index (χ0n) is 17.5. The van der Waals surface area contributed by atoms with Crippen molar-refractivity contribution in [3.8, 4) is 0 Å². The first-order chi connectivity index (χ1) is 14.9. The van der Waals surface area contributed by atoms with Gasteiger partial charge in [-0.2, -0.15) is 0 Å². The van der Waals surface area contributed by atoms with Crippen LogP contribution < -0.4 is 10.9 Å². The van der Waals surface area contributed by atoms with E-state index in [1.165, 1.54) is 21.1 Å². The Morgan fingerprint density at radius 1 is 1.19 bits per heavy atom. The molecule has 0 radical (unpaired) electrons. The van der Waals surface area contributed by atoms with Crippen molar-refractivity contribution < 1.29 is 4.79 Å². The van der Waals surface area contributed by atoms with Crippen LogP contribution in [0.5, 0.6) is 0 Å². The smallest absolute Gasteiger partial charge is 0.267 e. The molecule has 2 aromatic heterocycles. The minimum absolute atomic E-state index is 0.0862. The van der Waals surface area contributed by atoms with Crippen molar-refractivity contribution in [3.05, 3.63) is 80.6 Å². The van der Waals surface area contributed by atoms with Gasteiger partial charge in [-0.05, 0) is 44.0 Å². The highest BCUT2D eigenvalue weighted by Crippen LogP contribution is 2.33. The van der Waals surface area contributed by atoms with Crippen molar-refractivity contribution in [1.29, 1.82) is 0 Å². The second kappa shape index (κ2) is 8.64. The number of nitrogens with one attached hydrogen (secondary N) is 1.